The fraction of sp³-hybridized carbons (Fsp3) is 0.500. The van der Waals surface area contributed by atoms with E-state index < -0.39 is 0 Å². The van der Waals surface area contributed by atoms with Gasteiger partial charge in [0.25, 0.3) is 5.56 Å². The van der Waals surface area contributed by atoms with Gasteiger partial charge in [-0.25, -0.2) is 0 Å². The number of Topliss-reactive ketones (excluding diaryl/α,β-unsaturated/α-hetero) is 1. The molecule has 1 aromatic rings. The monoisotopic (exact) mass is 220 g/mol. The lowest BCUT2D eigenvalue weighted by molar-refractivity contribution is -0.121. The predicted molar refractivity (Wildman–Crippen MR) is 61.4 cm³/mol. The molecule has 1 aliphatic heterocycles. The first kappa shape index (κ1) is 11.1. The summed E-state index contributed by atoms with van der Waals surface area (Å²) in [5, 5.41) is 0. The van der Waals surface area contributed by atoms with Crippen LogP contribution in [0, 0.1) is 0 Å². The number of carbonyl (C=O) groups is 1. The summed E-state index contributed by atoms with van der Waals surface area (Å²) in [7, 11) is 0. The molecule has 4 nitrogen and oxygen atoms in total. The number of nitrogens with zero attached hydrogens (tertiary/aromatic N) is 2. The van der Waals surface area contributed by atoms with Gasteiger partial charge in [-0.3, -0.25) is 9.59 Å². The van der Waals surface area contributed by atoms with Crippen molar-refractivity contribution in [2.24, 2.45) is 0 Å². The molecule has 0 spiro atoms. The highest BCUT2D eigenvalue weighted by atomic mass is 16.1. The van der Waals surface area contributed by atoms with Crippen LogP contribution in [0.4, 0.5) is 0 Å². The van der Waals surface area contributed by atoms with E-state index in [0.29, 0.717) is 25.2 Å². The Labute approximate surface area is 94.5 Å². The number of likely N-dealkylation sites (tertiary alicyclic amines) is 1. The third-order valence-corrected chi connectivity index (χ3v) is 2.97. The average molecular weight is 220 g/mol. The van der Waals surface area contributed by atoms with Crippen LogP contribution in [0.15, 0.2) is 29.2 Å². The molecule has 1 aliphatic rings. The second kappa shape index (κ2) is 5.07. The predicted octanol–water partition coefficient (Wildman–Crippen LogP) is 0.513. The summed E-state index contributed by atoms with van der Waals surface area (Å²) in [4.78, 5) is 24.7. The second-order valence-corrected chi connectivity index (χ2v) is 4.11. The number of carbonyl (C=O) groups excluding carboxylic acids is 1. The molecule has 0 bridgehead atoms. The van der Waals surface area contributed by atoms with Crippen molar-refractivity contribution in [2.75, 3.05) is 19.6 Å². The number of piperidine rings is 1. The van der Waals surface area contributed by atoms with Crippen molar-refractivity contribution in [3.05, 3.63) is 34.7 Å². The van der Waals surface area contributed by atoms with Crippen molar-refractivity contribution in [3.63, 3.8) is 0 Å². The van der Waals surface area contributed by atoms with Crippen molar-refractivity contribution in [2.45, 2.75) is 19.4 Å². The van der Waals surface area contributed by atoms with Crippen LogP contribution < -0.4 is 5.56 Å². The molecule has 4 heteroatoms. The molecular weight excluding hydrogens is 204 g/mol. The Balaban J connectivity index is 1.86. The molecule has 2 heterocycles. The molecule has 1 aromatic heterocycles. The number of hydrogen-bond donors (Lipinski definition) is 0. The molecule has 0 aromatic carbocycles. The van der Waals surface area contributed by atoms with Gasteiger partial charge >= 0.3 is 0 Å². The second-order valence-electron chi connectivity index (χ2n) is 4.11. The maximum absolute atomic E-state index is 11.4. The highest BCUT2D eigenvalue weighted by Crippen LogP contribution is 2.04. The standard InChI is InChI=1S/C12H16N2O2/c15-11-4-7-13(8-5-11)9-10-14-6-2-1-3-12(14)16/h1-3,6H,4-5,7-10H2. The number of pyridine rings is 1. The summed E-state index contributed by atoms with van der Waals surface area (Å²) in [6.07, 6.45) is 3.12. The van der Waals surface area contributed by atoms with Gasteiger partial charge in [-0.1, -0.05) is 6.07 Å². The minimum atomic E-state index is 0.0376. The highest BCUT2D eigenvalue weighted by molar-refractivity contribution is 5.79. The van der Waals surface area contributed by atoms with Crippen molar-refractivity contribution in [1.82, 2.24) is 9.47 Å². The largest absolute Gasteiger partial charge is 0.314 e. The zero-order chi connectivity index (χ0) is 11.4. The molecule has 0 atom stereocenters. The number of rotatable bonds is 3. The Morgan fingerprint density at radius 2 is 1.81 bits per heavy atom. The normalized spacial score (nSPS) is 17.6. The summed E-state index contributed by atoms with van der Waals surface area (Å²) >= 11 is 0. The molecule has 16 heavy (non-hydrogen) atoms. The molecule has 0 radical (unpaired) electrons. The number of hydrogen-bond acceptors (Lipinski definition) is 3. The van der Waals surface area contributed by atoms with Crippen LogP contribution in [0.1, 0.15) is 12.8 Å². The van der Waals surface area contributed by atoms with E-state index in [-0.39, 0.29) is 5.56 Å². The molecule has 0 saturated carbocycles. The molecule has 0 N–H and O–H groups in total. The van der Waals surface area contributed by atoms with E-state index in [1.807, 2.05) is 6.07 Å². The smallest absolute Gasteiger partial charge is 0.250 e. The lowest BCUT2D eigenvalue weighted by Crippen LogP contribution is -2.37. The minimum Gasteiger partial charge on any atom is -0.314 e. The fourth-order valence-corrected chi connectivity index (χ4v) is 1.92. The topological polar surface area (TPSA) is 42.3 Å². The van der Waals surface area contributed by atoms with Gasteiger partial charge in [-0.05, 0) is 6.07 Å². The van der Waals surface area contributed by atoms with Gasteiger partial charge in [-0.2, -0.15) is 0 Å². The third kappa shape index (κ3) is 2.79. The van der Waals surface area contributed by atoms with E-state index in [1.165, 1.54) is 0 Å². The average Bonchev–Trinajstić information content (AvgIpc) is 2.30. The third-order valence-electron chi connectivity index (χ3n) is 2.97. The number of aromatic nitrogens is 1. The molecule has 0 unspecified atom stereocenters. The van der Waals surface area contributed by atoms with Crippen LogP contribution in [0.25, 0.3) is 0 Å². The first-order valence-electron chi connectivity index (χ1n) is 5.65. The maximum atomic E-state index is 11.4. The fourth-order valence-electron chi connectivity index (χ4n) is 1.92. The highest BCUT2D eigenvalue weighted by Gasteiger charge is 2.15. The van der Waals surface area contributed by atoms with Gasteiger partial charge in [0, 0.05) is 51.3 Å². The molecule has 1 fully saturated rings. The Morgan fingerprint density at radius 3 is 2.50 bits per heavy atom. The Hall–Kier alpha value is -1.42. The number of ketones is 1. The lowest BCUT2D eigenvalue weighted by Gasteiger charge is -2.25. The van der Waals surface area contributed by atoms with Crippen LogP contribution >= 0.6 is 0 Å². The first-order chi connectivity index (χ1) is 7.75. The van der Waals surface area contributed by atoms with Crippen LogP contribution in [0.3, 0.4) is 0 Å². The quantitative estimate of drug-likeness (QED) is 0.745. The first-order valence-corrected chi connectivity index (χ1v) is 5.65. The van der Waals surface area contributed by atoms with Gasteiger partial charge in [-0.15, -0.1) is 0 Å². The Kier molecular flexibility index (Phi) is 3.51. The van der Waals surface area contributed by atoms with E-state index in [1.54, 1.807) is 22.9 Å². The SMILES string of the molecule is O=C1CCN(CCn2ccccc2=O)CC1. The summed E-state index contributed by atoms with van der Waals surface area (Å²) < 4.78 is 1.70. The lowest BCUT2D eigenvalue weighted by atomic mass is 10.1. The van der Waals surface area contributed by atoms with Crippen molar-refractivity contribution >= 4 is 5.78 Å². The summed E-state index contributed by atoms with van der Waals surface area (Å²) in [6, 6.07) is 5.18. The van der Waals surface area contributed by atoms with E-state index >= 15 is 0 Å². The van der Waals surface area contributed by atoms with Crippen LogP contribution in [-0.4, -0.2) is 34.9 Å². The molecular formula is C12H16N2O2. The Bertz CT molecular complexity index is 415. The van der Waals surface area contributed by atoms with Crippen LogP contribution in [0.5, 0.6) is 0 Å². The van der Waals surface area contributed by atoms with Crippen molar-refractivity contribution in [3.8, 4) is 0 Å². The zero-order valence-electron chi connectivity index (χ0n) is 9.26. The van der Waals surface area contributed by atoms with Gasteiger partial charge in [0.15, 0.2) is 0 Å². The summed E-state index contributed by atoms with van der Waals surface area (Å²) in [6.45, 7) is 3.21. The van der Waals surface area contributed by atoms with E-state index in [2.05, 4.69) is 4.90 Å². The summed E-state index contributed by atoms with van der Waals surface area (Å²) in [5.74, 6) is 0.355. The molecule has 0 aliphatic carbocycles. The van der Waals surface area contributed by atoms with E-state index in [9.17, 15) is 9.59 Å². The zero-order valence-corrected chi connectivity index (χ0v) is 9.26. The molecule has 86 valence electrons. The van der Waals surface area contributed by atoms with E-state index in [0.717, 1.165) is 19.6 Å². The van der Waals surface area contributed by atoms with Crippen molar-refractivity contribution in [1.29, 1.82) is 0 Å². The van der Waals surface area contributed by atoms with Gasteiger partial charge in [0.1, 0.15) is 5.78 Å². The van der Waals surface area contributed by atoms with Gasteiger partial charge < -0.3 is 9.47 Å². The molecule has 1 saturated heterocycles. The van der Waals surface area contributed by atoms with Gasteiger partial charge in [0.05, 0.1) is 0 Å². The van der Waals surface area contributed by atoms with Crippen LogP contribution in [0.2, 0.25) is 0 Å². The minimum absolute atomic E-state index is 0.0376. The molecule has 0 amide bonds. The molecule has 2 rings (SSSR count). The maximum Gasteiger partial charge on any atom is 0.250 e. The van der Waals surface area contributed by atoms with Crippen molar-refractivity contribution < 1.29 is 4.79 Å². The Morgan fingerprint density at radius 1 is 1.06 bits per heavy atom. The van der Waals surface area contributed by atoms with E-state index in [4.69, 9.17) is 0 Å². The van der Waals surface area contributed by atoms with Crippen LogP contribution in [-0.2, 0) is 11.3 Å². The summed E-state index contributed by atoms with van der Waals surface area (Å²) in [5.41, 5.74) is 0.0376. The van der Waals surface area contributed by atoms with Gasteiger partial charge in [0.2, 0.25) is 0 Å².